The van der Waals surface area contributed by atoms with Crippen molar-refractivity contribution in [3.8, 4) is 23.7 Å². The van der Waals surface area contributed by atoms with Crippen LogP contribution in [0.2, 0.25) is 0 Å². The Hall–Kier alpha value is -6.02. The lowest BCUT2D eigenvalue weighted by atomic mass is 10.0. The summed E-state index contributed by atoms with van der Waals surface area (Å²) in [5.41, 5.74) is 4.67. The molecule has 2 saturated heterocycles. The minimum atomic E-state index is -1.21. The zero-order chi connectivity index (χ0) is 38.7. The minimum absolute atomic E-state index is 0.109. The van der Waals surface area contributed by atoms with E-state index in [2.05, 4.69) is 44.3 Å². The molecule has 0 unspecified atom stereocenters. The number of rotatable bonds is 8. The van der Waals surface area contributed by atoms with Crippen LogP contribution in [0.4, 0.5) is 9.59 Å². The van der Waals surface area contributed by atoms with E-state index in [9.17, 15) is 24.3 Å². The molecule has 2 aromatic heterocycles. The van der Waals surface area contributed by atoms with Crippen molar-refractivity contribution in [3.05, 3.63) is 59.2 Å². The van der Waals surface area contributed by atoms with Crippen LogP contribution in [0, 0.1) is 47.4 Å². The fourth-order valence-electron chi connectivity index (χ4n) is 8.44. The summed E-state index contributed by atoms with van der Waals surface area (Å²) in [7, 11) is 1.29. The molecule has 5 N–H and O–H groups in total. The third-order valence-electron chi connectivity index (χ3n) is 11.4. The van der Waals surface area contributed by atoms with Crippen molar-refractivity contribution in [2.45, 2.75) is 89.6 Å². The second kappa shape index (κ2) is 14.0. The maximum atomic E-state index is 13.8. The van der Waals surface area contributed by atoms with Gasteiger partial charge in [-0.2, -0.15) is 0 Å². The summed E-state index contributed by atoms with van der Waals surface area (Å²) < 4.78 is 4.78. The molecule has 0 bridgehead atoms. The van der Waals surface area contributed by atoms with Gasteiger partial charge in [-0.25, -0.2) is 19.6 Å². The number of likely N-dealkylation sites (tertiary alicyclic amines) is 2. The minimum Gasteiger partial charge on any atom is -0.465 e. The number of alkyl carbamates (subject to hydrolysis) is 1. The molecule has 0 radical (unpaired) electrons. The van der Waals surface area contributed by atoms with Crippen molar-refractivity contribution in [2.75, 3.05) is 7.11 Å². The Balaban J connectivity index is 0.960. The summed E-state index contributed by atoms with van der Waals surface area (Å²) in [6, 6.07) is 9.70. The summed E-state index contributed by atoms with van der Waals surface area (Å²) in [4.78, 5) is 71.0. The van der Waals surface area contributed by atoms with Crippen LogP contribution >= 0.6 is 0 Å². The molecule has 14 heteroatoms. The Morgan fingerprint density at radius 2 is 1.20 bits per heavy atom. The number of carbonyl (C=O) groups excluding carboxylic acids is 3. The second-order valence-corrected chi connectivity index (χ2v) is 15.9. The summed E-state index contributed by atoms with van der Waals surface area (Å²) in [6.45, 7) is 7.49. The van der Waals surface area contributed by atoms with Gasteiger partial charge in [0.05, 0.1) is 41.3 Å². The Labute approximate surface area is 318 Å². The van der Waals surface area contributed by atoms with Gasteiger partial charge < -0.3 is 40.2 Å². The van der Waals surface area contributed by atoms with Crippen LogP contribution < -0.4 is 10.6 Å². The number of hydrogen-bond donors (Lipinski definition) is 5. The number of fused-ring (bicyclic) bond motifs is 4. The van der Waals surface area contributed by atoms with E-state index in [4.69, 9.17) is 14.7 Å². The Morgan fingerprint density at radius 1 is 0.745 bits per heavy atom. The van der Waals surface area contributed by atoms with E-state index >= 15 is 0 Å². The number of aromatic amines is 2. The smallest absolute Gasteiger partial charge is 0.407 e. The van der Waals surface area contributed by atoms with Crippen LogP contribution in [0.15, 0.2) is 36.4 Å². The van der Waals surface area contributed by atoms with Gasteiger partial charge in [0, 0.05) is 23.2 Å². The average molecular weight is 745 g/mol. The van der Waals surface area contributed by atoms with Crippen molar-refractivity contribution in [3.63, 3.8) is 0 Å². The maximum absolute atomic E-state index is 13.8. The highest BCUT2D eigenvalue weighted by Crippen LogP contribution is 2.54. The SMILES string of the molecule is COC(=O)N[C@H](C(=O)N1[C@@H]2C[C@H]2C[C@H]1c1nc2ccc(C#CC#Cc3ccc4nc([C@@H]5C[C@H]6C[C@H]6N5C(=O)[C@@H](NC(=O)O)C(C)C)[nH]c4c3)cc2[nH]1)C(C)C. The maximum Gasteiger partial charge on any atom is 0.407 e. The predicted molar refractivity (Wildman–Crippen MR) is 202 cm³/mol. The van der Waals surface area contributed by atoms with Gasteiger partial charge in [-0.1, -0.05) is 39.5 Å². The first-order valence-electron chi connectivity index (χ1n) is 18.9. The molecule has 14 nitrogen and oxygen atoms in total. The molecule has 4 fully saturated rings. The lowest BCUT2D eigenvalue weighted by Gasteiger charge is -2.31. The molecule has 0 spiro atoms. The standard InChI is InChI=1S/C41H44N8O6/c1-20(2)34(46-40(52)53)38(50)48-30-16-24(30)18-32(48)36-42-26-12-10-22(14-28(26)44-36)8-6-7-9-23-11-13-27-29(15-23)45-37(43-27)33-19-25-17-31(25)49(33)39(51)35(21(3)4)47-41(54)55-5/h10-15,20-21,24-25,30-35,46H,16-19H2,1-5H3,(H,42,44)(H,43,45)(H,47,54)(H,52,53)/t24-,25+,30-,31-,32+,33+,34+,35+/m1/s1. The molecule has 4 heterocycles. The van der Waals surface area contributed by atoms with Crippen LogP contribution in [0.1, 0.15) is 88.2 Å². The number of aromatic nitrogens is 4. The summed E-state index contributed by atoms with van der Waals surface area (Å²) in [5, 5.41) is 14.5. The molecule has 8 rings (SSSR count). The molecule has 2 aliphatic heterocycles. The highest BCUT2D eigenvalue weighted by Gasteiger charge is 2.57. The Kier molecular flexibility index (Phi) is 9.16. The predicted octanol–water partition coefficient (Wildman–Crippen LogP) is 4.84. The van der Waals surface area contributed by atoms with Crippen molar-refractivity contribution >= 4 is 46.1 Å². The van der Waals surface area contributed by atoms with Gasteiger partial charge in [-0.05, 0) is 97.6 Å². The van der Waals surface area contributed by atoms with E-state index in [0.717, 1.165) is 64.7 Å². The average Bonchev–Trinajstić information content (AvgIpc) is 3.82. The first kappa shape index (κ1) is 36.0. The van der Waals surface area contributed by atoms with Crippen molar-refractivity contribution in [1.29, 1.82) is 0 Å². The van der Waals surface area contributed by atoms with Gasteiger partial charge in [0.2, 0.25) is 11.8 Å². The number of hydrogen-bond acceptors (Lipinski definition) is 7. The first-order chi connectivity index (χ1) is 26.4. The molecule has 55 heavy (non-hydrogen) atoms. The van der Waals surface area contributed by atoms with Gasteiger partial charge in [-0.15, -0.1) is 0 Å². The molecular formula is C41H44N8O6. The topological polar surface area (TPSA) is 186 Å². The van der Waals surface area contributed by atoms with Crippen molar-refractivity contribution in [2.24, 2.45) is 23.7 Å². The number of benzene rings is 2. The second-order valence-electron chi connectivity index (χ2n) is 15.9. The summed E-state index contributed by atoms with van der Waals surface area (Å²) in [5.74, 6) is 13.7. The molecule has 4 aromatic rings. The van der Waals surface area contributed by atoms with E-state index in [1.165, 1.54) is 7.11 Å². The number of carbonyl (C=O) groups is 4. The summed E-state index contributed by atoms with van der Waals surface area (Å²) >= 11 is 0. The number of imidazole rings is 2. The van der Waals surface area contributed by atoms with Crippen LogP contribution in [-0.4, -0.2) is 90.1 Å². The molecule has 284 valence electrons. The van der Waals surface area contributed by atoms with E-state index in [1.807, 2.05) is 73.9 Å². The number of amides is 4. The van der Waals surface area contributed by atoms with Crippen LogP contribution in [0.25, 0.3) is 22.1 Å². The quantitative estimate of drug-likeness (QED) is 0.159. The first-order valence-corrected chi connectivity index (χ1v) is 18.9. The zero-order valence-electron chi connectivity index (χ0n) is 31.3. The molecule has 2 aliphatic carbocycles. The van der Waals surface area contributed by atoms with Gasteiger partial charge in [0.25, 0.3) is 0 Å². The molecule has 4 amide bonds. The number of methoxy groups -OCH3 is 1. The van der Waals surface area contributed by atoms with Crippen LogP contribution in [0.3, 0.4) is 0 Å². The third-order valence-corrected chi connectivity index (χ3v) is 11.4. The van der Waals surface area contributed by atoms with Gasteiger partial charge in [-0.3, -0.25) is 9.59 Å². The highest BCUT2D eigenvalue weighted by molar-refractivity contribution is 5.88. The number of H-pyrrole nitrogens is 2. The van der Waals surface area contributed by atoms with Crippen molar-refractivity contribution in [1.82, 2.24) is 40.4 Å². The number of ether oxygens (including phenoxy) is 1. The fourth-order valence-corrected chi connectivity index (χ4v) is 8.44. The molecule has 4 aliphatic rings. The number of carboxylic acid groups (broad SMARTS) is 1. The molecule has 8 atom stereocenters. The summed E-state index contributed by atoms with van der Waals surface area (Å²) in [6.07, 6.45) is 1.65. The van der Waals surface area contributed by atoms with Gasteiger partial charge >= 0.3 is 12.2 Å². The zero-order valence-corrected chi connectivity index (χ0v) is 31.3. The van der Waals surface area contributed by atoms with Crippen LogP contribution in [0.5, 0.6) is 0 Å². The third kappa shape index (κ3) is 6.93. The van der Waals surface area contributed by atoms with Gasteiger partial charge in [0.15, 0.2) is 0 Å². The van der Waals surface area contributed by atoms with Gasteiger partial charge in [0.1, 0.15) is 23.7 Å². The molecule has 2 saturated carbocycles. The normalized spacial score (nSPS) is 24.3. The van der Waals surface area contributed by atoms with Crippen molar-refractivity contribution < 1.29 is 29.0 Å². The Bertz CT molecular complexity index is 2340. The van der Waals surface area contributed by atoms with E-state index in [1.54, 1.807) is 0 Å². The highest BCUT2D eigenvalue weighted by atomic mass is 16.5. The lowest BCUT2D eigenvalue weighted by molar-refractivity contribution is -0.137. The monoisotopic (exact) mass is 744 g/mol. The number of piperidine rings is 2. The van der Waals surface area contributed by atoms with E-state index in [0.29, 0.717) is 17.7 Å². The fraction of sp³-hybridized carbons (Fsp3) is 0.463. The molecular weight excluding hydrogens is 701 g/mol. The van der Waals surface area contributed by atoms with Crippen LogP contribution in [-0.2, 0) is 14.3 Å². The Morgan fingerprint density at radius 3 is 1.62 bits per heavy atom. The number of nitrogens with one attached hydrogen (secondary N) is 4. The number of nitrogens with zero attached hydrogens (tertiary/aromatic N) is 4. The lowest BCUT2D eigenvalue weighted by Crippen LogP contribution is -2.52. The molecule has 2 aromatic carbocycles. The van der Waals surface area contributed by atoms with E-state index < -0.39 is 24.3 Å². The van der Waals surface area contributed by atoms with E-state index in [-0.39, 0.29) is 47.8 Å². The largest absolute Gasteiger partial charge is 0.465 e.